The zero-order valence-corrected chi connectivity index (χ0v) is 10.2. The van der Waals surface area contributed by atoms with Crippen LogP contribution in [0.1, 0.15) is 11.1 Å². The lowest BCUT2D eigenvalue weighted by Crippen LogP contribution is -2.27. The van der Waals surface area contributed by atoms with E-state index in [1.165, 1.54) is 18.2 Å². The molecule has 0 atom stereocenters. The standard InChI is InChI=1S/C10H8BrClF2O/c1-6-2-3-7(8(11)4-6)10(13,14)9(15)5-12/h2-4H,5H2,1H3. The Balaban J connectivity index is 3.21. The van der Waals surface area contributed by atoms with Crippen LogP contribution in [0.5, 0.6) is 0 Å². The van der Waals surface area contributed by atoms with Gasteiger partial charge < -0.3 is 0 Å². The predicted molar refractivity (Wildman–Crippen MR) is 58.5 cm³/mol. The van der Waals surface area contributed by atoms with Gasteiger partial charge in [0.25, 0.3) is 0 Å². The molecule has 0 amide bonds. The molecule has 0 saturated carbocycles. The topological polar surface area (TPSA) is 17.1 Å². The highest BCUT2D eigenvalue weighted by atomic mass is 79.9. The van der Waals surface area contributed by atoms with Crippen molar-refractivity contribution < 1.29 is 13.6 Å². The van der Waals surface area contributed by atoms with Crippen molar-refractivity contribution in [3.8, 4) is 0 Å². The number of aryl methyl sites for hydroxylation is 1. The number of alkyl halides is 3. The molecule has 82 valence electrons. The van der Waals surface area contributed by atoms with Crippen LogP contribution in [0.25, 0.3) is 0 Å². The van der Waals surface area contributed by atoms with E-state index in [0.717, 1.165) is 5.56 Å². The Hall–Kier alpha value is -0.480. The predicted octanol–water partition coefficient (Wildman–Crippen LogP) is 3.66. The third kappa shape index (κ3) is 2.55. The van der Waals surface area contributed by atoms with Gasteiger partial charge in [0.05, 0.1) is 5.88 Å². The quantitative estimate of drug-likeness (QED) is 0.778. The van der Waals surface area contributed by atoms with Gasteiger partial charge >= 0.3 is 5.92 Å². The number of Topliss-reactive ketones (excluding diaryl/α,β-unsaturated/α-hetero) is 1. The minimum absolute atomic E-state index is 0.214. The summed E-state index contributed by atoms with van der Waals surface area (Å²) in [5.41, 5.74) is 0.485. The molecule has 0 bridgehead atoms. The zero-order chi connectivity index (χ0) is 11.6. The number of carbonyl (C=O) groups excluding carboxylic acids is 1. The molecule has 1 rings (SSSR count). The molecule has 0 N–H and O–H groups in total. The maximum atomic E-state index is 13.5. The minimum atomic E-state index is -3.53. The van der Waals surface area contributed by atoms with Gasteiger partial charge in [0.1, 0.15) is 0 Å². The van der Waals surface area contributed by atoms with Crippen LogP contribution in [0.15, 0.2) is 22.7 Å². The molecule has 0 radical (unpaired) electrons. The molecule has 0 spiro atoms. The van der Waals surface area contributed by atoms with Crippen LogP contribution in [-0.4, -0.2) is 11.7 Å². The number of rotatable bonds is 3. The fourth-order valence-electron chi connectivity index (χ4n) is 1.11. The SMILES string of the molecule is Cc1ccc(C(F)(F)C(=O)CCl)c(Br)c1. The first-order chi connectivity index (χ1) is 6.89. The van der Waals surface area contributed by atoms with Gasteiger partial charge in [-0.2, -0.15) is 8.78 Å². The number of carbonyl (C=O) groups is 1. The van der Waals surface area contributed by atoms with E-state index in [-0.39, 0.29) is 10.0 Å². The van der Waals surface area contributed by atoms with E-state index in [1.54, 1.807) is 6.92 Å². The largest absolute Gasteiger partial charge is 0.332 e. The third-order valence-electron chi connectivity index (χ3n) is 1.93. The fourth-order valence-corrected chi connectivity index (χ4v) is 2.02. The van der Waals surface area contributed by atoms with Crippen molar-refractivity contribution in [2.24, 2.45) is 0 Å². The van der Waals surface area contributed by atoms with Gasteiger partial charge in [-0.05, 0) is 18.6 Å². The summed E-state index contributed by atoms with van der Waals surface area (Å²) in [4.78, 5) is 11.0. The molecule has 0 fully saturated rings. The Kier molecular flexibility index (Phi) is 3.84. The molecule has 0 heterocycles. The minimum Gasteiger partial charge on any atom is -0.291 e. The van der Waals surface area contributed by atoms with Crippen LogP contribution in [-0.2, 0) is 10.7 Å². The van der Waals surface area contributed by atoms with Crippen LogP contribution in [0, 0.1) is 6.92 Å². The molecular weight excluding hydrogens is 289 g/mol. The Labute approximate surface area is 99.6 Å². The lowest BCUT2D eigenvalue weighted by Gasteiger charge is -2.15. The van der Waals surface area contributed by atoms with E-state index in [1.807, 2.05) is 0 Å². The first-order valence-corrected chi connectivity index (χ1v) is 5.46. The third-order valence-corrected chi connectivity index (χ3v) is 2.83. The summed E-state index contributed by atoms with van der Waals surface area (Å²) in [6.07, 6.45) is 0. The van der Waals surface area contributed by atoms with Crippen LogP contribution in [0.3, 0.4) is 0 Å². The van der Waals surface area contributed by atoms with E-state index >= 15 is 0 Å². The number of benzene rings is 1. The molecule has 1 aromatic rings. The van der Waals surface area contributed by atoms with Crippen LogP contribution in [0.4, 0.5) is 8.78 Å². The van der Waals surface area contributed by atoms with E-state index in [0.29, 0.717) is 0 Å². The Morgan fingerprint density at radius 2 is 2.13 bits per heavy atom. The van der Waals surface area contributed by atoms with Crippen LogP contribution >= 0.6 is 27.5 Å². The number of hydrogen-bond donors (Lipinski definition) is 0. The van der Waals surface area contributed by atoms with Crippen molar-refractivity contribution in [1.29, 1.82) is 0 Å². The molecule has 0 aliphatic carbocycles. The van der Waals surface area contributed by atoms with Crippen molar-refractivity contribution in [3.63, 3.8) is 0 Å². The summed E-state index contributed by atoms with van der Waals surface area (Å²) in [7, 11) is 0. The van der Waals surface area contributed by atoms with Crippen molar-refractivity contribution in [2.75, 3.05) is 5.88 Å². The summed E-state index contributed by atoms with van der Waals surface area (Å²) in [6, 6.07) is 4.28. The van der Waals surface area contributed by atoms with Gasteiger partial charge in [-0.3, -0.25) is 4.79 Å². The van der Waals surface area contributed by atoms with E-state index in [4.69, 9.17) is 11.6 Å². The van der Waals surface area contributed by atoms with Gasteiger partial charge in [-0.25, -0.2) is 0 Å². The molecule has 0 saturated heterocycles. The Bertz CT molecular complexity index is 393. The van der Waals surface area contributed by atoms with E-state index in [9.17, 15) is 13.6 Å². The summed E-state index contributed by atoms with van der Waals surface area (Å²) < 4.78 is 27.2. The molecule has 1 aromatic carbocycles. The average molecular weight is 298 g/mol. The summed E-state index contributed by atoms with van der Waals surface area (Å²) in [5.74, 6) is -5.53. The molecule has 0 aliphatic heterocycles. The van der Waals surface area contributed by atoms with Gasteiger partial charge in [-0.15, -0.1) is 11.6 Å². The van der Waals surface area contributed by atoms with Gasteiger partial charge in [-0.1, -0.05) is 28.1 Å². The van der Waals surface area contributed by atoms with Gasteiger partial charge in [0.2, 0.25) is 5.78 Å². The van der Waals surface area contributed by atoms with Crippen molar-refractivity contribution in [1.82, 2.24) is 0 Å². The number of hydrogen-bond acceptors (Lipinski definition) is 1. The second-order valence-corrected chi connectivity index (χ2v) is 4.24. The summed E-state index contributed by atoms with van der Waals surface area (Å²) in [5, 5.41) is 0. The van der Waals surface area contributed by atoms with Crippen molar-refractivity contribution in [3.05, 3.63) is 33.8 Å². The molecule has 15 heavy (non-hydrogen) atoms. The maximum Gasteiger partial charge on any atom is 0.332 e. The molecular formula is C10H8BrClF2O. The fraction of sp³-hybridized carbons (Fsp3) is 0.300. The second kappa shape index (κ2) is 4.58. The molecule has 0 aliphatic rings. The van der Waals surface area contributed by atoms with Crippen LogP contribution < -0.4 is 0 Å². The summed E-state index contributed by atoms with van der Waals surface area (Å²) in [6.45, 7) is 1.77. The molecule has 0 aromatic heterocycles. The smallest absolute Gasteiger partial charge is 0.291 e. The van der Waals surface area contributed by atoms with Crippen LogP contribution in [0.2, 0.25) is 0 Å². The lowest BCUT2D eigenvalue weighted by atomic mass is 10.0. The second-order valence-electron chi connectivity index (χ2n) is 3.11. The monoisotopic (exact) mass is 296 g/mol. The zero-order valence-electron chi connectivity index (χ0n) is 7.86. The Morgan fingerprint density at radius 1 is 1.53 bits per heavy atom. The maximum absolute atomic E-state index is 13.5. The summed E-state index contributed by atoms with van der Waals surface area (Å²) >= 11 is 8.13. The van der Waals surface area contributed by atoms with Gasteiger partial charge in [0.15, 0.2) is 0 Å². The highest BCUT2D eigenvalue weighted by Crippen LogP contribution is 2.35. The highest BCUT2D eigenvalue weighted by molar-refractivity contribution is 9.10. The lowest BCUT2D eigenvalue weighted by molar-refractivity contribution is -0.141. The normalized spacial score (nSPS) is 11.5. The van der Waals surface area contributed by atoms with E-state index in [2.05, 4.69) is 15.9 Å². The molecule has 1 nitrogen and oxygen atoms in total. The average Bonchev–Trinajstić information content (AvgIpc) is 2.15. The van der Waals surface area contributed by atoms with Crippen molar-refractivity contribution in [2.45, 2.75) is 12.8 Å². The molecule has 5 heteroatoms. The van der Waals surface area contributed by atoms with Crippen molar-refractivity contribution >= 4 is 33.3 Å². The highest BCUT2D eigenvalue weighted by Gasteiger charge is 2.41. The number of ketones is 1. The first-order valence-electron chi connectivity index (χ1n) is 4.13. The molecule has 0 unspecified atom stereocenters. The Morgan fingerprint density at radius 3 is 2.60 bits per heavy atom. The van der Waals surface area contributed by atoms with Gasteiger partial charge in [0, 0.05) is 10.0 Å². The number of halogens is 4. The first kappa shape index (κ1) is 12.6. The van der Waals surface area contributed by atoms with E-state index < -0.39 is 17.6 Å².